The van der Waals surface area contributed by atoms with E-state index >= 15 is 0 Å². The fourth-order valence-corrected chi connectivity index (χ4v) is 2.37. The zero-order valence-electron chi connectivity index (χ0n) is 14.7. The van der Waals surface area contributed by atoms with Gasteiger partial charge in [-0.2, -0.15) is 0 Å². The zero-order valence-corrected chi connectivity index (χ0v) is 14.7. The van der Waals surface area contributed by atoms with Gasteiger partial charge in [-0.15, -0.1) is 0 Å². The fourth-order valence-electron chi connectivity index (χ4n) is 2.37. The Morgan fingerprint density at radius 3 is 2.35 bits per heavy atom. The molecule has 0 aliphatic rings. The molecule has 0 saturated carbocycles. The van der Waals surface area contributed by atoms with Crippen molar-refractivity contribution < 1.29 is 19.1 Å². The molecule has 1 aromatic rings. The first kappa shape index (κ1) is 18.8. The maximum absolute atomic E-state index is 12.1. The van der Waals surface area contributed by atoms with E-state index < -0.39 is 0 Å². The second-order valence-corrected chi connectivity index (χ2v) is 5.60. The summed E-state index contributed by atoms with van der Waals surface area (Å²) in [5.74, 6) is 1.24. The maximum Gasteiger partial charge on any atom is 0.263 e. The number of hydrogen-bond donors (Lipinski definition) is 0. The van der Waals surface area contributed by atoms with Gasteiger partial charge in [0.1, 0.15) is 11.5 Å². The van der Waals surface area contributed by atoms with Crippen molar-refractivity contribution in [2.24, 2.45) is 5.16 Å². The number of ether oxygens (including phenoxy) is 2. The minimum atomic E-state index is -0.0981. The van der Waals surface area contributed by atoms with Crippen LogP contribution < -0.4 is 9.47 Å². The molecule has 0 atom stereocenters. The van der Waals surface area contributed by atoms with Crippen LogP contribution in [0.5, 0.6) is 11.5 Å². The quantitative estimate of drug-likeness (QED) is 0.545. The number of carbonyl (C=O) groups excluding carboxylic acids is 1. The van der Waals surface area contributed by atoms with Gasteiger partial charge < -0.3 is 19.2 Å². The van der Waals surface area contributed by atoms with Gasteiger partial charge in [0.15, 0.2) is 6.61 Å². The molecule has 0 spiro atoms. The summed E-state index contributed by atoms with van der Waals surface area (Å²) in [5.41, 5.74) is 0.712. The van der Waals surface area contributed by atoms with E-state index in [0.717, 1.165) is 0 Å². The van der Waals surface area contributed by atoms with E-state index in [0.29, 0.717) is 17.1 Å². The van der Waals surface area contributed by atoms with Gasteiger partial charge in [-0.1, -0.05) is 5.16 Å². The SMILES string of the molecule is COc1ccc(OC)c(/C=N/OCC(=O)N(C(C)C)C(C)C)c1. The normalized spacial score (nSPS) is 11.1. The lowest BCUT2D eigenvalue weighted by molar-refractivity contribution is -0.139. The highest BCUT2D eigenvalue weighted by Crippen LogP contribution is 2.22. The summed E-state index contributed by atoms with van der Waals surface area (Å²) >= 11 is 0. The maximum atomic E-state index is 12.1. The minimum Gasteiger partial charge on any atom is -0.497 e. The van der Waals surface area contributed by atoms with Crippen LogP contribution in [-0.2, 0) is 9.63 Å². The lowest BCUT2D eigenvalue weighted by Crippen LogP contribution is -2.43. The van der Waals surface area contributed by atoms with Crippen molar-refractivity contribution in [3.63, 3.8) is 0 Å². The summed E-state index contributed by atoms with van der Waals surface area (Å²) in [7, 11) is 3.16. The third kappa shape index (κ3) is 5.47. The molecule has 1 amide bonds. The van der Waals surface area contributed by atoms with Crippen LogP contribution >= 0.6 is 0 Å². The largest absolute Gasteiger partial charge is 0.497 e. The van der Waals surface area contributed by atoms with E-state index in [1.165, 1.54) is 6.21 Å². The molecule has 128 valence electrons. The minimum absolute atomic E-state index is 0.0928. The molecule has 0 aromatic heterocycles. The van der Waals surface area contributed by atoms with Gasteiger partial charge in [-0.3, -0.25) is 4.79 Å². The van der Waals surface area contributed by atoms with Crippen LogP contribution in [0.25, 0.3) is 0 Å². The summed E-state index contributed by atoms with van der Waals surface area (Å²) < 4.78 is 10.4. The Labute approximate surface area is 138 Å². The van der Waals surface area contributed by atoms with Crippen molar-refractivity contribution >= 4 is 12.1 Å². The summed E-state index contributed by atoms with van der Waals surface area (Å²) in [6.07, 6.45) is 1.50. The Hall–Kier alpha value is -2.24. The molecule has 0 N–H and O–H groups in total. The van der Waals surface area contributed by atoms with Gasteiger partial charge in [0, 0.05) is 17.6 Å². The second-order valence-electron chi connectivity index (χ2n) is 5.60. The monoisotopic (exact) mass is 322 g/mol. The van der Waals surface area contributed by atoms with E-state index in [-0.39, 0.29) is 24.6 Å². The van der Waals surface area contributed by atoms with E-state index in [2.05, 4.69) is 5.16 Å². The van der Waals surface area contributed by atoms with E-state index in [1.807, 2.05) is 27.7 Å². The predicted octanol–water partition coefficient (Wildman–Crippen LogP) is 2.70. The zero-order chi connectivity index (χ0) is 17.4. The fraction of sp³-hybridized carbons (Fsp3) is 0.529. The molecule has 0 bridgehead atoms. The van der Waals surface area contributed by atoms with Crippen molar-refractivity contribution in [2.45, 2.75) is 39.8 Å². The molecule has 0 fully saturated rings. The van der Waals surface area contributed by atoms with Crippen LogP contribution in [0, 0.1) is 0 Å². The van der Waals surface area contributed by atoms with E-state index in [9.17, 15) is 4.79 Å². The van der Waals surface area contributed by atoms with Crippen molar-refractivity contribution in [3.8, 4) is 11.5 Å². The van der Waals surface area contributed by atoms with Crippen LogP contribution in [0.15, 0.2) is 23.4 Å². The molecule has 0 heterocycles. The standard InChI is InChI=1S/C17H26N2O4/c1-12(2)19(13(3)4)17(20)11-23-18-10-14-9-15(21-5)7-8-16(14)22-6/h7-10,12-13H,11H2,1-6H3/b18-10+. The first-order chi connectivity index (χ1) is 10.9. The molecule has 1 rings (SSSR count). The first-order valence-electron chi connectivity index (χ1n) is 7.59. The molecule has 0 unspecified atom stereocenters. The molecule has 0 aliphatic carbocycles. The highest BCUT2D eigenvalue weighted by atomic mass is 16.6. The predicted molar refractivity (Wildman–Crippen MR) is 90.2 cm³/mol. The molecule has 6 nitrogen and oxygen atoms in total. The average molecular weight is 322 g/mol. The Bertz CT molecular complexity index is 533. The molecule has 0 aliphatic heterocycles. The average Bonchev–Trinajstić information content (AvgIpc) is 2.50. The highest BCUT2D eigenvalue weighted by molar-refractivity contribution is 5.84. The Morgan fingerprint density at radius 1 is 1.17 bits per heavy atom. The lowest BCUT2D eigenvalue weighted by atomic mass is 10.2. The molecule has 1 aromatic carbocycles. The smallest absolute Gasteiger partial charge is 0.263 e. The number of carbonyl (C=O) groups is 1. The number of methoxy groups -OCH3 is 2. The molecule has 6 heteroatoms. The van der Waals surface area contributed by atoms with E-state index in [1.54, 1.807) is 37.3 Å². The van der Waals surface area contributed by atoms with Crippen LogP contribution in [-0.4, -0.2) is 49.9 Å². The number of benzene rings is 1. The topological polar surface area (TPSA) is 60.4 Å². The molecule has 0 saturated heterocycles. The van der Waals surface area contributed by atoms with Crippen molar-refractivity contribution in [2.75, 3.05) is 20.8 Å². The first-order valence-corrected chi connectivity index (χ1v) is 7.59. The van der Waals surface area contributed by atoms with Crippen LogP contribution in [0.4, 0.5) is 0 Å². The molecule has 0 radical (unpaired) electrons. The van der Waals surface area contributed by atoms with Crippen LogP contribution in [0.1, 0.15) is 33.3 Å². The number of amides is 1. The Kier molecular flexibility index (Phi) is 7.38. The van der Waals surface area contributed by atoms with Gasteiger partial charge in [-0.05, 0) is 45.9 Å². The van der Waals surface area contributed by atoms with E-state index in [4.69, 9.17) is 14.3 Å². The van der Waals surface area contributed by atoms with Gasteiger partial charge in [0.2, 0.25) is 0 Å². The number of nitrogens with zero attached hydrogens (tertiary/aromatic N) is 2. The van der Waals surface area contributed by atoms with Crippen LogP contribution in [0.3, 0.4) is 0 Å². The summed E-state index contributed by atoms with van der Waals surface area (Å²) in [4.78, 5) is 19.0. The number of oxime groups is 1. The van der Waals surface area contributed by atoms with Gasteiger partial charge >= 0.3 is 0 Å². The summed E-state index contributed by atoms with van der Waals surface area (Å²) in [6.45, 7) is 7.80. The molecular weight excluding hydrogens is 296 g/mol. The second kappa shape index (κ2) is 9.02. The van der Waals surface area contributed by atoms with Crippen molar-refractivity contribution in [1.82, 2.24) is 4.90 Å². The highest BCUT2D eigenvalue weighted by Gasteiger charge is 2.20. The summed E-state index contributed by atoms with van der Waals surface area (Å²) in [5, 5.41) is 3.86. The lowest BCUT2D eigenvalue weighted by Gasteiger charge is -2.30. The molecular formula is C17H26N2O4. The number of hydrogen-bond acceptors (Lipinski definition) is 5. The van der Waals surface area contributed by atoms with Gasteiger partial charge in [0.05, 0.1) is 20.4 Å². The Morgan fingerprint density at radius 2 is 1.83 bits per heavy atom. The van der Waals surface area contributed by atoms with Crippen molar-refractivity contribution in [1.29, 1.82) is 0 Å². The van der Waals surface area contributed by atoms with Gasteiger partial charge in [-0.25, -0.2) is 0 Å². The third-order valence-electron chi connectivity index (χ3n) is 3.29. The molecule has 23 heavy (non-hydrogen) atoms. The van der Waals surface area contributed by atoms with Crippen molar-refractivity contribution in [3.05, 3.63) is 23.8 Å². The summed E-state index contributed by atoms with van der Waals surface area (Å²) in [6, 6.07) is 5.60. The van der Waals surface area contributed by atoms with Crippen LogP contribution in [0.2, 0.25) is 0 Å². The van der Waals surface area contributed by atoms with Gasteiger partial charge in [0.25, 0.3) is 5.91 Å². The third-order valence-corrected chi connectivity index (χ3v) is 3.29. The number of rotatable bonds is 8. The Balaban J connectivity index is 2.68.